The number of benzene rings is 2. The van der Waals surface area contributed by atoms with E-state index in [1.807, 2.05) is 31.2 Å². The fraction of sp³-hybridized carbons (Fsp3) is 0.286. The number of carbonyl (C=O) groups excluding carboxylic acids is 1. The Hall–Kier alpha value is -1.93. The predicted molar refractivity (Wildman–Crippen MR) is 118 cm³/mol. The van der Waals surface area contributed by atoms with E-state index in [0.29, 0.717) is 22.1 Å². The van der Waals surface area contributed by atoms with Crippen molar-refractivity contribution in [3.05, 3.63) is 58.4 Å². The Morgan fingerprint density at radius 1 is 1.14 bits per heavy atom. The summed E-state index contributed by atoms with van der Waals surface area (Å²) in [4.78, 5) is 13.3. The van der Waals surface area contributed by atoms with Gasteiger partial charge >= 0.3 is 0 Å². The van der Waals surface area contributed by atoms with Crippen LogP contribution in [-0.4, -0.2) is 31.2 Å². The molecular weight excluding hydrogens is 428 g/mol. The second-order valence-corrected chi connectivity index (χ2v) is 10.5. The van der Waals surface area contributed by atoms with E-state index in [9.17, 15) is 13.2 Å². The summed E-state index contributed by atoms with van der Waals surface area (Å²) in [6, 6.07) is 13.9. The van der Waals surface area contributed by atoms with Crippen molar-refractivity contribution < 1.29 is 13.2 Å². The monoisotopic (exact) mass is 448 g/mol. The molecule has 2 aromatic carbocycles. The molecule has 5 nitrogen and oxygen atoms in total. The third-order valence-electron chi connectivity index (χ3n) is 5.20. The average molecular weight is 449 g/mol. The van der Waals surface area contributed by atoms with E-state index in [4.69, 9.17) is 11.6 Å². The first-order valence-corrected chi connectivity index (χ1v) is 12.1. The van der Waals surface area contributed by atoms with Gasteiger partial charge in [-0.3, -0.25) is 4.79 Å². The van der Waals surface area contributed by atoms with Gasteiger partial charge in [-0.15, -0.1) is 11.3 Å². The first-order chi connectivity index (χ1) is 13.9. The molecule has 1 aliphatic heterocycles. The SMILES string of the molecule is C[C@@H]1CCCCN1S(=O)(=O)c1ccc(NC(=O)c2sc3ccccc3c2Cl)cc1. The minimum absolute atomic E-state index is 0.00299. The highest BCUT2D eigenvalue weighted by molar-refractivity contribution is 7.89. The highest BCUT2D eigenvalue weighted by Crippen LogP contribution is 2.35. The molecule has 1 aliphatic rings. The lowest BCUT2D eigenvalue weighted by Crippen LogP contribution is -2.41. The third kappa shape index (κ3) is 3.92. The molecule has 1 saturated heterocycles. The lowest BCUT2D eigenvalue weighted by Gasteiger charge is -2.32. The molecule has 0 radical (unpaired) electrons. The summed E-state index contributed by atoms with van der Waals surface area (Å²) in [5.41, 5.74) is 0.522. The molecule has 0 aliphatic carbocycles. The number of piperidine rings is 1. The molecular formula is C21H21ClN2O3S2. The van der Waals surface area contributed by atoms with Crippen LogP contribution in [0.3, 0.4) is 0 Å². The Morgan fingerprint density at radius 3 is 2.55 bits per heavy atom. The van der Waals surface area contributed by atoms with Crippen molar-refractivity contribution in [2.45, 2.75) is 37.1 Å². The summed E-state index contributed by atoms with van der Waals surface area (Å²) < 4.78 is 28.4. The molecule has 0 bridgehead atoms. The van der Waals surface area contributed by atoms with Crippen molar-refractivity contribution in [1.29, 1.82) is 0 Å². The Labute approximate surface area is 179 Å². The molecule has 1 aromatic heterocycles. The number of sulfonamides is 1. The van der Waals surface area contributed by atoms with Gasteiger partial charge in [0.2, 0.25) is 10.0 Å². The summed E-state index contributed by atoms with van der Waals surface area (Å²) in [5, 5.41) is 4.09. The fourth-order valence-electron chi connectivity index (χ4n) is 3.62. The number of hydrogen-bond donors (Lipinski definition) is 1. The number of hydrogen-bond acceptors (Lipinski definition) is 4. The number of thiophene rings is 1. The first-order valence-electron chi connectivity index (χ1n) is 9.48. The maximum atomic E-state index is 12.9. The van der Waals surface area contributed by atoms with Crippen LogP contribution in [0.2, 0.25) is 5.02 Å². The van der Waals surface area contributed by atoms with Crippen molar-refractivity contribution in [1.82, 2.24) is 4.31 Å². The van der Waals surface area contributed by atoms with E-state index in [1.165, 1.54) is 11.3 Å². The average Bonchev–Trinajstić information content (AvgIpc) is 3.06. The zero-order chi connectivity index (χ0) is 20.6. The Morgan fingerprint density at radius 2 is 1.86 bits per heavy atom. The summed E-state index contributed by atoms with van der Waals surface area (Å²) >= 11 is 7.70. The zero-order valence-corrected chi connectivity index (χ0v) is 18.3. The maximum Gasteiger partial charge on any atom is 0.267 e. The Balaban J connectivity index is 1.53. The molecule has 152 valence electrons. The van der Waals surface area contributed by atoms with Gasteiger partial charge < -0.3 is 5.32 Å². The number of rotatable bonds is 4. The van der Waals surface area contributed by atoms with Crippen LogP contribution in [0.5, 0.6) is 0 Å². The molecule has 4 rings (SSSR count). The lowest BCUT2D eigenvalue weighted by atomic mass is 10.1. The molecule has 1 atom stereocenters. The number of nitrogens with one attached hydrogen (secondary N) is 1. The van der Waals surface area contributed by atoms with E-state index >= 15 is 0 Å². The number of nitrogens with zero attached hydrogens (tertiary/aromatic N) is 1. The first kappa shape index (κ1) is 20.3. The van der Waals surface area contributed by atoms with Gasteiger partial charge in [0.05, 0.1) is 9.92 Å². The fourth-order valence-corrected chi connectivity index (χ4v) is 6.73. The van der Waals surface area contributed by atoms with Crippen molar-refractivity contribution in [2.24, 2.45) is 0 Å². The van der Waals surface area contributed by atoms with E-state index in [0.717, 1.165) is 29.3 Å². The van der Waals surface area contributed by atoms with E-state index in [2.05, 4.69) is 5.32 Å². The molecule has 0 saturated carbocycles. The standard InChI is InChI=1S/C21H21ClN2O3S2/c1-14-6-4-5-13-24(14)29(26,27)16-11-9-15(10-12-16)23-21(25)20-19(22)17-7-2-3-8-18(17)28-20/h2-3,7-12,14H,4-6,13H2,1H3,(H,23,25)/t14-/m1/s1. The van der Waals surface area contributed by atoms with Crippen LogP contribution in [0.1, 0.15) is 35.9 Å². The van der Waals surface area contributed by atoms with Gasteiger partial charge in [0.1, 0.15) is 4.88 Å². The van der Waals surface area contributed by atoms with Crippen LogP contribution in [0.4, 0.5) is 5.69 Å². The highest BCUT2D eigenvalue weighted by atomic mass is 35.5. The summed E-state index contributed by atoms with van der Waals surface area (Å²) in [6.07, 6.45) is 2.81. The van der Waals surface area contributed by atoms with Crippen molar-refractivity contribution >= 4 is 54.6 Å². The van der Waals surface area contributed by atoms with Gasteiger partial charge in [-0.1, -0.05) is 36.2 Å². The zero-order valence-electron chi connectivity index (χ0n) is 15.9. The van der Waals surface area contributed by atoms with Crippen LogP contribution >= 0.6 is 22.9 Å². The molecule has 2 heterocycles. The second kappa shape index (κ2) is 8.07. The molecule has 1 N–H and O–H groups in total. The van der Waals surface area contributed by atoms with Gasteiger partial charge in [0.15, 0.2) is 0 Å². The Bertz CT molecular complexity index is 1160. The van der Waals surface area contributed by atoms with E-state index < -0.39 is 10.0 Å². The maximum absolute atomic E-state index is 12.9. The van der Waals surface area contributed by atoms with Crippen LogP contribution in [0.15, 0.2) is 53.4 Å². The molecule has 1 fully saturated rings. The van der Waals surface area contributed by atoms with E-state index in [-0.39, 0.29) is 16.8 Å². The molecule has 3 aromatic rings. The minimum Gasteiger partial charge on any atom is -0.321 e. The van der Waals surface area contributed by atoms with Crippen LogP contribution < -0.4 is 5.32 Å². The summed E-state index contributed by atoms with van der Waals surface area (Å²) in [5.74, 6) is -0.309. The predicted octanol–water partition coefficient (Wildman–Crippen LogP) is 5.37. The van der Waals surface area contributed by atoms with Gasteiger partial charge in [0, 0.05) is 28.4 Å². The van der Waals surface area contributed by atoms with Crippen molar-refractivity contribution in [3.8, 4) is 0 Å². The topological polar surface area (TPSA) is 66.5 Å². The third-order valence-corrected chi connectivity index (χ3v) is 8.90. The van der Waals surface area contributed by atoms with Crippen LogP contribution in [0.25, 0.3) is 10.1 Å². The number of carbonyl (C=O) groups is 1. The second-order valence-electron chi connectivity index (χ2n) is 7.18. The van der Waals surface area contributed by atoms with Gasteiger partial charge in [-0.25, -0.2) is 8.42 Å². The van der Waals surface area contributed by atoms with Crippen LogP contribution in [-0.2, 0) is 10.0 Å². The lowest BCUT2D eigenvalue weighted by molar-refractivity contribution is 0.103. The normalized spacial score (nSPS) is 18.1. The quantitative estimate of drug-likeness (QED) is 0.583. The number of halogens is 1. The van der Waals surface area contributed by atoms with E-state index in [1.54, 1.807) is 28.6 Å². The van der Waals surface area contributed by atoms with Crippen molar-refractivity contribution in [2.75, 3.05) is 11.9 Å². The Kier molecular flexibility index (Phi) is 5.66. The number of anilines is 1. The number of amides is 1. The molecule has 29 heavy (non-hydrogen) atoms. The number of fused-ring (bicyclic) bond motifs is 1. The van der Waals surface area contributed by atoms with Crippen molar-refractivity contribution in [3.63, 3.8) is 0 Å². The van der Waals surface area contributed by atoms with Gasteiger partial charge in [-0.2, -0.15) is 4.31 Å². The summed E-state index contributed by atoms with van der Waals surface area (Å²) in [7, 11) is -3.53. The largest absolute Gasteiger partial charge is 0.321 e. The van der Waals surface area contributed by atoms with Gasteiger partial charge in [0.25, 0.3) is 5.91 Å². The summed E-state index contributed by atoms with van der Waals surface area (Å²) in [6.45, 7) is 2.49. The highest BCUT2D eigenvalue weighted by Gasteiger charge is 2.30. The smallest absolute Gasteiger partial charge is 0.267 e. The molecule has 8 heteroatoms. The van der Waals surface area contributed by atoms with Gasteiger partial charge in [-0.05, 0) is 50.1 Å². The van der Waals surface area contributed by atoms with Crippen LogP contribution in [0, 0.1) is 0 Å². The molecule has 0 unspecified atom stereocenters. The minimum atomic E-state index is -3.53. The molecule has 1 amide bonds. The molecule has 0 spiro atoms.